The van der Waals surface area contributed by atoms with E-state index in [0.717, 1.165) is 17.0 Å². The number of hydrogen-bond acceptors (Lipinski definition) is 2. The molecule has 3 heteroatoms. The van der Waals surface area contributed by atoms with Gasteiger partial charge >= 0.3 is 0 Å². The minimum absolute atomic E-state index is 0.120. The minimum atomic E-state index is -1.09. The number of phenolic OH excluding ortho intramolecular Hbond substituents is 1. The highest BCUT2D eigenvalue weighted by Crippen LogP contribution is 2.29. The lowest BCUT2D eigenvalue weighted by molar-refractivity contribution is 0.111. The highest BCUT2D eigenvalue weighted by atomic mass is 28.3. The van der Waals surface area contributed by atoms with Gasteiger partial charge in [-0.3, -0.25) is 4.79 Å². The Kier molecular flexibility index (Phi) is 3.58. The van der Waals surface area contributed by atoms with Crippen molar-refractivity contribution in [2.24, 2.45) is 0 Å². The standard InChI is InChI=1S/C13H20O2Si/c1-13(2,3)10-6-7-11(16(4)5)12(15)9(10)8-14/h6-8,15-16H,1-5H3. The van der Waals surface area contributed by atoms with Crippen molar-refractivity contribution in [3.8, 4) is 5.75 Å². The summed E-state index contributed by atoms with van der Waals surface area (Å²) in [7, 11) is -1.09. The van der Waals surface area contributed by atoms with Crippen molar-refractivity contribution in [1.29, 1.82) is 0 Å². The summed E-state index contributed by atoms with van der Waals surface area (Å²) in [5.41, 5.74) is 1.26. The molecule has 0 heterocycles. The molecule has 0 aliphatic rings. The Hall–Kier alpha value is -1.09. The topological polar surface area (TPSA) is 37.3 Å². The van der Waals surface area contributed by atoms with Crippen LogP contribution in [0, 0.1) is 0 Å². The lowest BCUT2D eigenvalue weighted by Crippen LogP contribution is -2.26. The van der Waals surface area contributed by atoms with E-state index in [0.29, 0.717) is 5.56 Å². The first kappa shape index (κ1) is 13.0. The Morgan fingerprint density at radius 1 is 1.25 bits per heavy atom. The van der Waals surface area contributed by atoms with Gasteiger partial charge in [-0.05, 0) is 16.2 Å². The van der Waals surface area contributed by atoms with Gasteiger partial charge in [0.25, 0.3) is 0 Å². The molecule has 0 radical (unpaired) electrons. The number of phenols is 1. The highest BCUT2D eigenvalue weighted by molar-refractivity contribution is 6.71. The van der Waals surface area contributed by atoms with Crippen molar-refractivity contribution in [2.75, 3.05) is 0 Å². The van der Waals surface area contributed by atoms with Crippen LogP contribution in [0.2, 0.25) is 13.1 Å². The second kappa shape index (κ2) is 4.42. The Morgan fingerprint density at radius 2 is 1.81 bits per heavy atom. The molecule has 2 nitrogen and oxygen atoms in total. The molecule has 1 aromatic carbocycles. The van der Waals surface area contributed by atoms with E-state index < -0.39 is 8.80 Å². The number of hydrogen-bond donors (Lipinski definition) is 1. The van der Waals surface area contributed by atoms with Crippen LogP contribution in [0.5, 0.6) is 5.75 Å². The van der Waals surface area contributed by atoms with E-state index in [4.69, 9.17) is 0 Å². The molecule has 0 atom stereocenters. The van der Waals surface area contributed by atoms with Crippen molar-refractivity contribution in [3.63, 3.8) is 0 Å². The SMILES string of the molecule is C[SiH](C)c1ccc(C(C)(C)C)c(C=O)c1O. The molecule has 0 amide bonds. The summed E-state index contributed by atoms with van der Waals surface area (Å²) in [6.07, 6.45) is 0.774. The molecular weight excluding hydrogens is 216 g/mol. The van der Waals surface area contributed by atoms with Gasteiger partial charge in [-0.1, -0.05) is 46.0 Å². The van der Waals surface area contributed by atoms with E-state index >= 15 is 0 Å². The van der Waals surface area contributed by atoms with Crippen LogP contribution in [0.4, 0.5) is 0 Å². The van der Waals surface area contributed by atoms with Gasteiger partial charge in [0.1, 0.15) is 5.75 Å². The molecule has 0 spiro atoms. The molecular formula is C13H20O2Si. The van der Waals surface area contributed by atoms with Gasteiger partial charge < -0.3 is 5.11 Å². The number of aromatic hydroxyl groups is 1. The summed E-state index contributed by atoms with van der Waals surface area (Å²) in [4.78, 5) is 11.1. The normalized spacial score (nSPS) is 11.9. The summed E-state index contributed by atoms with van der Waals surface area (Å²) in [6, 6.07) is 3.95. The first-order valence-corrected chi connectivity index (χ1v) is 8.49. The Bertz CT molecular complexity index is 403. The van der Waals surface area contributed by atoms with Gasteiger partial charge in [0, 0.05) is 0 Å². The number of benzene rings is 1. The number of aldehydes is 1. The molecule has 0 saturated heterocycles. The molecule has 0 saturated carbocycles. The predicted molar refractivity (Wildman–Crippen MR) is 70.7 cm³/mol. The molecule has 1 aromatic rings. The monoisotopic (exact) mass is 236 g/mol. The van der Waals surface area contributed by atoms with Crippen LogP contribution in [0.15, 0.2) is 12.1 Å². The number of carbonyl (C=O) groups excluding carboxylic acids is 1. The molecule has 16 heavy (non-hydrogen) atoms. The molecule has 0 aromatic heterocycles. The second-order valence-electron chi connectivity index (χ2n) is 5.49. The van der Waals surface area contributed by atoms with E-state index in [1.54, 1.807) is 0 Å². The van der Waals surface area contributed by atoms with Crippen molar-refractivity contribution in [3.05, 3.63) is 23.3 Å². The summed E-state index contributed by atoms with van der Waals surface area (Å²) in [6.45, 7) is 10.4. The average molecular weight is 236 g/mol. The first-order valence-electron chi connectivity index (χ1n) is 5.60. The smallest absolute Gasteiger partial charge is 0.154 e. The maximum absolute atomic E-state index is 11.1. The highest BCUT2D eigenvalue weighted by Gasteiger charge is 2.22. The maximum atomic E-state index is 11.1. The van der Waals surface area contributed by atoms with Gasteiger partial charge in [-0.15, -0.1) is 0 Å². The van der Waals surface area contributed by atoms with E-state index in [2.05, 4.69) is 13.1 Å². The van der Waals surface area contributed by atoms with Gasteiger partial charge in [0.2, 0.25) is 0 Å². The van der Waals surface area contributed by atoms with Crippen LogP contribution in [0.25, 0.3) is 0 Å². The zero-order chi connectivity index (χ0) is 12.5. The molecule has 0 bridgehead atoms. The summed E-state index contributed by atoms with van der Waals surface area (Å²) in [5, 5.41) is 11.1. The van der Waals surface area contributed by atoms with Crippen LogP contribution in [-0.4, -0.2) is 20.2 Å². The largest absolute Gasteiger partial charge is 0.507 e. The van der Waals surface area contributed by atoms with Crippen molar-refractivity contribution in [2.45, 2.75) is 39.3 Å². The quantitative estimate of drug-likeness (QED) is 0.631. The lowest BCUT2D eigenvalue weighted by Gasteiger charge is -2.23. The molecule has 1 rings (SSSR count). The third-order valence-corrected chi connectivity index (χ3v) is 4.51. The number of carbonyl (C=O) groups is 1. The van der Waals surface area contributed by atoms with Gasteiger partial charge in [-0.2, -0.15) is 0 Å². The predicted octanol–water partition coefficient (Wildman–Crippen LogP) is 2.20. The van der Waals surface area contributed by atoms with Crippen molar-refractivity contribution < 1.29 is 9.90 Å². The zero-order valence-corrected chi connectivity index (χ0v) is 11.8. The molecule has 0 unspecified atom stereocenters. The third-order valence-electron chi connectivity index (χ3n) is 2.80. The van der Waals surface area contributed by atoms with E-state index in [1.165, 1.54) is 0 Å². The van der Waals surface area contributed by atoms with Gasteiger partial charge in [0.15, 0.2) is 6.29 Å². The average Bonchev–Trinajstić information content (AvgIpc) is 2.15. The number of rotatable bonds is 2. The summed E-state index contributed by atoms with van der Waals surface area (Å²) in [5.74, 6) is 0.198. The maximum Gasteiger partial charge on any atom is 0.154 e. The van der Waals surface area contributed by atoms with Crippen LogP contribution in [-0.2, 0) is 5.41 Å². The second-order valence-corrected chi connectivity index (χ2v) is 8.42. The van der Waals surface area contributed by atoms with E-state index in [1.807, 2.05) is 32.9 Å². The Labute approximate surface area is 98.9 Å². The molecule has 1 N–H and O–H groups in total. The Balaban J connectivity index is 3.47. The lowest BCUT2D eigenvalue weighted by atomic mass is 9.84. The third kappa shape index (κ3) is 2.35. The zero-order valence-electron chi connectivity index (χ0n) is 10.7. The van der Waals surface area contributed by atoms with Crippen molar-refractivity contribution in [1.82, 2.24) is 0 Å². The minimum Gasteiger partial charge on any atom is -0.507 e. The van der Waals surface area contributed by atoms with Crippen LogP contribution < -0.4 is 5.19 Å². The van der Waals surface area contributed by atoms with Gasteiger partial charge in [0.05, 0.1) is 14.4 Å². The summed E-state index contributed by atoms with van der Waals surface area (Å²) < 4.78 is 0. The van der Waals surface area contributed by atoms with E-state index in [9.17, 15) is 9.90 Å². The molecule has 0 fully saturated rings. The molecule has 0 aliphatic carbocycles. The fourth-order valence-corrected chi connectivity index (χ4v) is 3.05. The van der Waals surface area contributed by atoms with Crippen LogP contribution >= 0.6 is 0 Å². The first-order chi connectivity index (χ1) is 7.29. The summed E-state index contributed by atoms with van der Waals surface area (Å²) >= 11 is 0. The van der Waals surface area contributed by atoms with E-state index in [-0.39, 0.29) is 11.2 Å². The Morgan fingerprint density at radius 3 is 2.19 bits per heavy atom. The van der Waals surface area contributed by atoms with Crippen LogP contribution in [0.1, 0.15) is 36.7 Å². The molecule has 0 aliphatic heterocycles. The van der Waals surface area contributed by atoms with Gasteiger partial charge in [-0.25, -0.2) is 0 Å². The fourth-order valence-electron chi connectivity index (χ4n) is 1.86. The van der Waals surface area contributed by atoms with Crippen molar-refractivity contribution >= 4 is 20.3 Å². The molecule has 88 valence electrons. The fraction of sp³-hybridized carbons (Fsp3) is 0.462. The van der Waals surface area contributed by atoms with Crippen LogP contribution in [0.3, 0.4) is 0 Å².